The first-order valence-corrected chi connectivity index (χ1v) is 7.25. The molecule has 0 aromatic carbocycles. The zero-order valence-corrected chi connectivity index (χ0v) is 10.5. The van der Waals surface area contributed by atoms with Gasteiger partial charge in [-0.25, -0.2) is 0 Å². The second-order valence-electron chi connectivity index (χ2n) is 6.06. The van der Waals surface area contributed by atoms with Crippen molar-refractivity contribution < 1.29 is 0 Å². The predicted octanol–water partition coefficient (Wildman–Crippen LogP) is 2.66. The van der Waals surface area contributed by atoms with Crippen molar-refractivity contribution in [2.24, 2.45) is 29.2 Å². The van der Waals surface area contributed by atoms with Crippen LogP contribution in [0, 0.1) is 17.8 Å². The van der Waals surface area contributed by atoms with Gasteiger partial charge < -0.3 is 11.5 Å². The lowest BCUT2D eigenvalue weighted by Crippen LogP contribution is -2.24. The highest BCUT2D eigenvalue weighted by Gasteiger charge is 2.29. The average molecular weight is 224 g/mol. The third kappa shape index (κ3) is 3.21. The fraction of sp³-hybridized carbons (Fsp3) is 1.00. The van der Waals surface area contributed by atoms with E-state index in [1.165, 1.54) is 57.8 Å². The van der Waals surface area contributed by atoms with Crippen molar-refractivity contribution >= 4 is 0 Å². The van der Waals surface area contributed by atoms with Crippen LogP contribution < -0.4 is 11.5 Å². The SMILES string of the molecule is NCCC1CCCCC1CC1CCC(N)C1. The monoisotopic (exact) mass is 224 g/mol. The molecule has 0 aromatic heterocycles. The molecule has 0 aliphatic heterocycles. The second-order valence-corrected chi connectivity index (χ2v) is 6.06. The fourth-order valence-corrected chi connectivity index (χ4v) is 3.94. The molecule has 2 aliphatic carbocycles. The van der Waals surface area contributed by atoms with Crippen molar-refractivity contribution in [2.45, 2.75) is 63.8 Å². The quantitative estimate of drug-likeness (QED) is 0.771. The molecular formula is C14H28N2. The lowest BCUT2D eigenvalue weighted by atomic mass is 9.73. The van der Waals surface area contributed by atoms with Gasteiger partial charge >= 0.3 is 0 Å². The summed E-state index contributed by atoms with van der Waals surface area (Å²) in [7, 11) is 0. The van der Waals surface area contributed by atoms with Crippen LogP contribution in [0.5, 0.6) is 0 Å². The van der Waals surface area contributed by atoms with Gasteiger partial charge in [0, 0.05) is 6.04 Å². The first-order chi connectivity index (χ1) is 7.79. The molecule has 16 heavy (non-hydrogen) atoms. The second kappa shape index (κ2) is 6.02. The van der Waals surface area contributed by atoms with Crippen LogP contribution >= 0.6 is 0 Å². The Morgan fingerprint density at radius 1 is 0.938 bits per heavy atom. The molecule has 2 heteroatoms. The Kier molecular flexibility index (Phi) is 4.66. The molecule has 2 nitrogen and oxygen atoms in total. The van der Waals surface area contributed by atoms with Gasteiger partial charge in [0.25, 0.3) is 0 Å². The Hall–Kier alpha value is -0.0800. The predicted molar refractivity (Wildman–Crippen MR) is 69.1 cm³/mol. The molecule has 0 radical (unpaired) electrons. The number of hydrogen-bond donors (Lipinski definition) is 2. The van der Waals surface area contributed by atoms with E-state index in [9.17, 15) is 0 Å². The zero-order chi connectivity index (χ0) is 11.4. The van der Waals surface area contributed by atoms with Crippen LogP contribution in [0.3, 0.4) is 0 Å². The van der Waals surface area contributed by atoms with Gasteiger partial charge in [0.15, 0.2) is 0 Å². The molecule has 2 rings (SSSR count). The van der Waals surface area contributed by atoms with E-state index in [-0.39, 0.29) is 0 Å². The van der Waals surface area contributed by atoms with E-state index in [2.05, 4.69) is 0 Å². The van der Waals surface area contributed by atoms with E-state index < -0.39 is 0 Å². The molecule has 0 amide bonds. The van der Waals surface area contributed by atoms with Crippen molar-refractivity contribution in [2.75, 3.05) is 6.54 Å². The molecule has 4 N–H and O–H groups in total. The summed E-state index contributed by atoms with van der Waals surface area (Å²) in [6.07, 6.45) is 12.4. The minimum absolute atomic E-state index is 0.501. The fourth-order valence-electron chi connectivity index (χ4n) is 3.94. The highest BCUT2D eigenvalue weighted by Crippen LogP contribution is 2.39. The maximum atomic E-state index is 6.00. The van der Waals surface area contributed by atoms with Crippen molar-refractivity contribution in [1.29, 1.82) is 0 Å². The lowest BCUT2D eigenvalue weighted by Gasteiger charge is -2.33. The standard InChI is InChI=1S/C14H28N2/c15-8-7-12-3-1-2-4-13(12)9-11-5-6-14(16)10-11/h11-14H,1-10,15-16H2. The van der Waals surface area contributed by atoms with Crippen LogP contribution in [0.1, 0.15) is 57.8 Å². The number of nitrogens with two attached hydrogens (primary N) is 2. The van der Waals surface area contributed by atoms with E-state index in [4.69, 9.17) is 11.5 Å². The molecule has 0 bridgehead atoms. The van der Waals surface area contributed by atoms with E-state index >= 15 is 0 Å². The van der Waals surface area contributed by atoms with Gasteiger partial charge in [-0.2, -0.15) is 0 Å². The summed E-state index contributed by atoms with van der Waals surface area (Å²) in [5.74, 6) is 2.82. The van der Waals surface area contributed by atoms with Crippen molar-refractivity contribution in [1.82, 2.24) is 0 Å². The summed E-state index contributed by atoms with van der Waals surface area (Å²) in [6.45, 7) is 0.880. The maximum absolute atomic E-state index is 6.00. The van der Waals surface area contributed by atoms with E-state index in [1.54, 1.807) is 0 Å². The van der Waals surface area contributed by atoms with Gasteiger partial charge in [0.2, 0.25) is 0 Å². The van der Waals surface area contributed by atoms with Gasteiger partial charge in [-0.3, -0.25) is 0 Å². The van der Waals surface area contributed by atoms with Crippen molar-refractivity contribution in [3.05, 3.63) is 0 Å². The zero-order valence-electron chi connectivity index (χ0n) is 10.5. The van der Waals surface area contributed by atoms with Crippen LogP contribution in [-0.2, 0) is 0 Å². The van der Waals surface area contributed by atoms with Crippen LogP contribution in [-0.4, -0.2) is 12.6 Å². The Morgan fingerprint density at radius 2 is 1.69 bits per heavy atom. The number of hydrogen-bond acceptors (Lipinski definition) is 2. The average Bonchev–Trinajstić information content (AvgIpc) is 2.67. The minimum Gasteiger partial charge on any atom is -0.330 e. The molecule has 2 saturated carbocycles. The molecule has 0 aromatic rings. The van der Waals surface area contributed by atoms with Gasteiger partial charge in [0.05, 0.1) is 0 Å². The van der Waals surface area contributed by atoms with Crippen molar-refractivity contribution in [3.8, 4) is 0 Å². The van der Waals surface area contributed by atoms with Gasteiger partial charge in [-0.1, -0.05) is 25.7 Å². The van der Waals surface area contributed by atoms with Crippen molar-refractivity contribution in [3.63, 3.8) is 0 Å². The van der Waals surface area contributed by atoms with Crippen LogP contribution in [0.25, 0.3) is 0 Å². The molecular weight excluding hydrogens is 196 g/mol. The third-order valence-corrected chi connectivity index (χ3v) is 4.82. The van der Waals surface area contributed by atoms with Gasteiger partial charge in [-0.15, -0.1) is 0 Å². The molecule has 0 spiro atoms. The Balaban J connectivity index is 1.81. The van der Waals surface area contributed by atoms with Gasteiger partial charge in [0.1, 0.15) is 0 Å². The minimum atomic E-state index is 0.501. The van der Waals surface area contributed by atoms with Gasteiger partial charge in [-0.05, 0) is 56.4 Å². The van der Waals surface area contributed by atoms with E-state index in [0.717, 1.165) is 24.3 Å². The largest absolute Gasteiger partial charge is 0.330 e. The van der Waals surface area contributed by atoms with E-state index in [0.29, 0.717) is 6.04 Å². The summed E-state index contributed by atoms with van der Waals surface area (Å²) in [6, 6.07) is 0.501. The molecule has 4 atom stereocenters. The highest BCUT2D eigenvalue weighted by atomic mass is 14.6. The Labute approximate surface area is 100 Å². The summed E-state index contributed by atoms with van der Waals surface area (Å²) >= 11 is 0. The van der Waals surface area contributed by atoms with Crippen LogP contribution in [0.15, 0.2) is 0 Å². The van der Waals surface area contributed by atoms with Crippen LogP contribution in [0.2, 0.25) is 0 Å². The first-order valence-electron chi connectivity index (χ1n) is 7.25. The third-order valence-electron chi connectivity index (χ3n) is 4.82. The maximum Gasteiger partial charge on any atom is 0.00415 e. The Morgan fingerprint density at radius 3 is 2.31 bits per heavy atom. The molecule has 94 valence electrons. The lowest BCUT2D eigenvalue weighted by molar-refractivity contribution is 0.188. The summed E-state index contributed by atoms with van der Waals surface area (Å²) in [4.78, 5) is 0. The number of rotatable bonds is 4. The summed E-state index contributed by atoms with van der Waals surface area (Å²) < 4.78 is 0. The first kappa shape index (κ1) is 12.4. The topological polar surface area (TPSA) is 52.0 Å². The smallest absolute Gasteiger partial charge is 0.00415 e. The molecule has 0 saturated heterocycles. The Bertz CT molecular complexity index is 203. The molecule has 2 aliphatic rings. The summed E-state index contributed by atoms with van der Waals surface area (Å²) in [5.41, 5.74) is 11.7. The normalized spacial score (nSPS) is 40.1. The molecule has 0 heterocycles. The molecule has 4 unspecified atom stereocenters. The van der Waals surface area contributed by atoms with E-state index in [1.807, 2.05) is 0 Å². The molecule has 2 fully saturated rings. The highest BCUT2D eigenvalue weighted by molar-refractivity contribution is 4.83. The summed E-state index contributed by atoms with van der Waals surface area (Å²) in [5, 5.41) is 0. The van der Waals surface area contributed by atoms with Crippen LogP contribution in [0.4, 0.5) is 0 Å².